The Balaban J connectivity index is 1.74. The van der Waals surface area contributed by atoms with E-state index >= 15 is 0 Å². The van der Waals surface area contributed by atoms with E-state index in [0.717, 1.165) is 19.5 Å². The molecule has 3 rings (SSSR count). The molecule has 142 valence electrons. The summed E-state index contributed by atoms with van der Waals surface area (Å²) in [6.07, 6.45) is 6.34. The number of rotatable bonds is 6. The molecular weight excluding hydrogens is 330 g/mol. The van der Waals surface area contributed by atoms with Crippen molar-refractivity contribution in [2.24, 2.45) is 0 Å². The molecule has 6 nitrogen and oxygen atoms in total. The highest BCUT2D eigenvalue weighted by Gasteiger charge is 2.33. The van der Waals surface area contributed by atoms with Gasteiger partial charge in [0.25, 0.3) is 0 Å². The maximum Gasteiger partial charge on any atom is 0.157 e. The summed E-state index contributed by atoms with van der Waals surface area (Å²) in [6, 6.07) is 5.59. The van der Waals surface area contributed by atoms with Gasteiger partial charge in [0.2, 0.25) is 0 Å². The van der Waals surface area contributed by atoms with Crippen molar-refractivity contribution in [1.29, 1.82) is 0 Å². The van der Waals surface area contributed by atoms with Crippen molar-refractivity contribution in [2.75, 3.05) is 26.7 Å². The number of phenolic OH excluding ortho intramolecular Hbond substituents is 1. The number of ether oxygens (including phenoxy) is 1. The highest BCUT2D eigenvalue weighted by Crippen LogP contribution is 2.30. The number of benzene rings is 1. The normalized spacial score (nSPS) is 21.2. The summed E-state index contributed by atoms with van der Waals surface area (Å²) in [5, 5.41) is 14.4. The molecule has 1 N–H and O–H groups in total. The van der Waals surface area contributed by atoms with Crippen LogP contribution in [0, 0.1) is 0 Å². The van der Waals surface area contributed by atoms with Crippen LogP contribution in [0.2, 0.25) is 0 Å². The summed E-state index contributed by atoms with van der Waals surface area (Å²) in [5.41, 5.74) is 0.221. The first-order valence-corrected chi connectivity index (χ1v) is 9.40. The Morgan fingerprint density at radius 3 is 2.88 bits per heavy atom. The molecule has 26 heavy (non-hydrogen) atoms. The number of carbonyl (C=O) groups excluding carboxylic acids is 1. The van der Waals surface area contributed by atoms with Crippen LogP contribution >= 0.6 is 0 Å². The van der Waals surface area contributed by atoms with Gasteiger partial charge < -0.3 is 14.7 Å². The van der Waals surface area contributed by atoms with Crippen molar-refractivity contribution in [3.63, 3.8) is 0 Å². The Hall–Kier alpha value is -2.21. The van der Waals surface area contributed by atoms with Gasteiger partial charge in [0.05, 0.1) is 11.6 Å². The van der Waals surface area contributed by atoms with Crippen molar-refractivity contribution in [3.8, 4) is 11.5 Å². The van der Waals surface area contributed by atoms with E-state index in [2.05, 4.69) is 41.9 Å². The van der Waals surface area contributed by atoms with Crippen LogP contribution in [0.3, 0.4) is 0 Å². The molecule has 1 aromatic carbocycles. The summed E-state index contributed by atoms with van der Waals surface area (Å²) < 4.78 is 5.97. The number of phenols is 1. The molecule has 0 bridgehead atoms. The van der Waals surface area contributed by atoms with E-state index in [-0.39, 0.29) is 17.4 Å². The van der Waals surface area contributed by atoms with E-state index in [9.17, 15) is 9.90 Å². The molecule has 2 aliphatic heterocycles. The molecule has 2 aliphatic rings. The van der Waals surface area contributed by atoms with Crippen LogP contribution in [-0.2, 0) is 0 Å². The van der Waals surface area contributed by atoms with Gasteiger partial charge in [-0.2, -0.15) is 0 Å². The predicted molar refractivity (Wildman–Crippen MR) is 101 cm³/mol. The predicted octanol–water partition coefficient (Wildman–Crippen LogP) is 2.85. The minimum Gasteiger partial charge on any atom is -0.507 e. The molecular formula is C20H29N3O3. The van der Waals surface area contributed by atoms with Gasteiger partial charge in [0.1, 0.15) is 23.9 Å². The average Bonchev–Trinajstić information content (AvgIpc) is 3.02. The molecule has 0 radical (unpaired) electrons. The lowest BCUT2D eigenvalue weighted by Gasteiger charge is -2.44. The van der Waals surface area contributed by atoms with Crippen molar-refractivity contribution < 1.29 is 14.6 Å². The minimum atomic E-state index is -0.0379. The number of aromatic hydroxyl groups is 1. The number of hydrogen-bond donors (Lipinski definition) is 1. The fourth-order valence-electron chi connectivity index (χ4n) is 3.92. The smallest absolute Gasteiger partial charge is 0.157 e. The van der Waals surface area contributed by atoms with Crippen LogP contribution < -0.4 is 4.74 Å². The molecule has 0 saturated carbocycles. The zero-order valence-electron chi connectivity index (χ0n) is 15.9. The molecule has 1 aromatic rings. The van der Waals surface area contributed by atoms with Gasteiger partial charge in [-0.3, -0.25) is 9.80 Å². The summed E-state index contributed by atoms with van der Waals surface area (Å²) in [5.74, 6) is 1.66. The third kappa shape index (κ3) is 3.65. The highest BCUT2D eigenvalue weighted by atomic mass is 16.5. The highest BCUT2D eigenvalue weighted by molar-refractivity contribution is 5.83. The Kier molecular flexibility index (Phi) is 5.71. The van der Waals surface area contributed by atoms with Crippen LogP contribution in [0.25, 0.3) is 0 Å². The van der Waals surface area contributed by atoms with E-state index < -0.39 is 0 Å². The summed E-state index contributed by atoms with van der Waals surface area (Å²) in [7, 11) is 2.11. The van der Waals surface area contributed by atoms with Crippen molar-refractivity contribution >= 4 is 6.29 Å². The number of hydrogen-bond acceptors (Lipinski definition) is 6. The molecule has 2 heterocycles. The van der Waals surface area contributed by atoms with Crippen LogP contribution in [-0.4, -0.2) is 65.1 Å². The van der Waals surface area contributed by atoms with Crippen molar-refractivity contribution in [1.82, 2.24) is 14.9 Å². The maximum absolute atomic E-state index is 11.3. The number of likely N-dealkylation sites (tertiary alicyclic amines) is 1. The first-order chi connectivity index (χ1) is 12.5. The van der Waals surface area contributed by atoms with Gasteiger partial charge in [-0.25, -0.2) is 5.01 Å². The zero-order valence-corrected chi connectivity index (χ0v) is 15.9. The number of aldehydes is 1. The number of piperidine rings is 1. The van der Waals surface area contributed by atoms with Gasteiger partial charge in [-0.05, 0) is 51.3 Å². The number of likely N-dealkylation sites (N-methyl/N-ethyl adjacent to an activating group) is 1. The van der Waals surface area contributed by atoms with Gasteiger partial charge in [0, 0.05) is 26.2 Å². The first kappa shape index (κ1) is 18.6. The third-order valence-electron chi connectivity index (χ3n) is 5.14. The van der Waals surface area contributed by atoms with Gasteiger partial charge in [-0.15, -0.1) is 0 Å². The van der Waals surface area contributed by atoms with E-state index in [0.29, 0.717) is 24.7 Å². The average molecular weight is 359 g/mol. The largest absolute Gasteiger partial charge is 0.507 e. The maximum atomic E-state index is 11.3. The molecule has 6 heteroatoms. The molecule has 0 amide bonds. The van der Waals surface area contributed by atoms with Gasteiger partial charge in [0.15, 0.2) is 6.29 Å². The summed E-state index contributed by atoms with van der Waals surface area (Å²) in [6.45, 7) is 6.83. The van der Waals surface area contributed by atoms with Crippen LogP contribution in [0.5, 0.6) is 11.5 Å². The van der Waals surface area contributed by atoms with Crippen molar-refractivity contribution in [3.05, 3.63) is 35.7 Å². The second-order valence-corrected chi connectivity index (χ2v) is 7.30. The lowest BCUT2D eigenvalue weighted by atomic mass is 10.0. The fraction of sp³-hybridized carbons (Fsp3) is 0.550. The van der Waals surface area contributed by atoms with Crippen LogP contribution in [0.4, 0.5) is 0 Å². The SMILES string of the molecule is CC(C)N1C(N2CCCCC2COc2cccc(O)c2C=O)=CCN1C. The zero-order chi connectivity index (χ0) is 18.7. The number of nitrogens with zero attached hydrogens (tertiary/aromatic N) is 3. The fourth-order valence-corrected chi connectivity index (χ4v) is 3.92. The Labute approximate surface area is 155 Å². The van der Waals surface area contributed by atoms with Gasteiger partial charge >= 0.3 is 0 Å². The molecule has 1 fully saturated rings. The van der Waals surface area contributed by atoms with Gasteiger partial charge in [-0.1, -0.05) is 6.07 Å². The second-order valence-electron chi connectivity index (χ2n) is 7.30. The van der Waals surface area contributed by atoms with Crippen LogP contribution in [0.1, 0.15) is 43.5 Å². The number of hydrazine groups is 1. The number of carbonyl (C=O) groups is 1. The molecule has 0 aliphatic carbocycles. The third-order valence-corrected chi connectivity index (χ3v) is 5.14. The first-order valence-electron chi connectivity index (χ1n) is 9.40. The topological polar surface area (TPSA) is 56.2 Å². The molecule has 0 aromatic heterocycles. The summed E-state index contributed by atoms with van der Waals surface area (Å²) in [4.78, 5) is 13.7. The Bertz CT molecular complexity index is 674. The second kappa shape index (κ2) is 7.99. The molecule has 0 spiro atoms. The Morgan fingerprint density at radius 2 is 2.15 bits per heavy atom. The monoisotopic (exact) mass is 359 g/mol. The van der Waals surface area contributed by atoms with Crippen molar-refractivity contribution in [2.45, 2.75) is 45.2 Å². The van der Waals surface area contributed by atoms with E-state index in [1.165, 1.54) is 24.7 Å². The molecule has 1 saturated heterocycles. The lowest BCUT2D eigenvalue weighted by Crippen LogP contribution is -2.50. The standard InChI is InChI=1S/C20H29N3O3/c1-15(2)23-20(10-12-21(23)3)22-11-5-4-7-16(22)14-26-19-9-6-8-18(25)17(19)13-24/h6,8-10,13,15-16,25H,4-5,7,11-12,14H2,1-3H3. The molecule has 1 unspecified atom stereocenters. The van der Waals surface area contributed by atoms with Crippen LogP contribution in [0.15, 0.2) is 30.1 Å². The van der Waals surface area contributed by atoms with E-state index in [1.54, 1.807) is 12.1 Å². The minimum absolute atomic E-state index is 0.0379. The quantitative estimate of drug-likeness (QED) is 0.788. The lowest BCUT2D eigenvalue weighted by molar-refractivity contribution is -0.0120. The Morgan fingerprint density at radius 1 is 1.35 bits per heavy atom. The summed E-state index contributed by atoms with van der Waals surface area (Å²) >= 11 is 0. The van der Waals surface area contributed by atoms with E-state index in [1.807, 2.05) is 0 Å². The molecule has 1 atom stereocenters. The van der Waals surface area contributed by atoms with E-state index in [4.69, 9.17) is 4.74 Å².